The van der Waals surface area contributed by atoms with Gasteiger partial charge in [-0.15, -0.1) is 0 Å². The molecule has 0 heterocycles. The summed E-state index contributed by atoms with van der Waals surface area (Å²) in [5.74, 6) is 0.148. The first kappa shape index (κ1) is 15.7. The number of aliphatic imine (C=N–C) groups is 1. The molecule has 1 aliphatic rings. The quantitative estimate of drug-likeness (QED) is 0.756. The number of hydrogen-bond donors (Lipinski definition) is 0. The second-order valence-electron chi connectivity index (χ2n) is 6.05. The van der Waals surface area contributed by atoms with Gasteiger partial charge in [-0.2, -0.15) is 0 Å². The summed E-state index contributed by atoms with van der Waals surface area (Å²) < 4.78 is 0. The van der Waals surface area contributed by atoms with Gasteiger partial charge in [-0.3, -0.25) is 9.79 Å². The van der Waals surface area contributed by atoms with Crippen LogP contribution in [0.4, 0.5) is 5.69 Å². The number of amides is 1. The van der Waals surface area contributed by atoms with Gasteiger partial charge in [0.1, 0.15) is 0 Å². The van der Waals surface area contributed by atoms with Crippen molar-refractivity contribution in [3.8, 4) is 0 Å². The highest BCUT2D eigenvalue weighted by atomic mass is 16.2. The van der Waals surface area contributed by atoms with Crippen molar-refractivity contribution in [1.82, 2.24) is 4.90 Å². The minimum absolute atomic E-state index is 0.148. The van der Waals surface area contributed by atoms with Gasteiger partial charge >= 0.3 is 0 Å². The Labute approximate surface area is 128 Å². The van der Waals surface area contributed by atoms with E-state index in [1.165, 1.54) is 19.3 Å². The number of rotatable bonds is 3. The van der Waals surface area contributed by atoms with E-state index in [0.717, 1.165) is 35.2 Å². The van der Waals surface area contributed by atoms with E-state index in [4.69, 9.17) is 0 Å². The van der Waals surface area contributed by atoms with E-state index >= 15 is 0 Å². The van der Waals surface area contributed by atoms with Crippen LogP contribution in [0, 0.1) is 13.8 Å². The monoisotopic (exact) mass is 286 g/mol. The maximum absolute atomic E-state index is 12.8. The second kappa shape index (κ2) is 6.88. The van der Waals surface area contributed by atoms with E-state index in [0.29, 0.717) is 6.04 Å². The fourth-order valence-corrected chi connectivity index (χ4v) is 3.13. The Morgan fingerprint density at radius 2 is 1.86 bits per heavy atom. The predicted molar refractivity (Wildman–Crippen MR) is 88.7 cm³/mol. The van der Waals surface area contributed by atoms with Crippen LogP contribution < -0.4 is 0 Å². The number of benzene rings is 1. The lowest BCUT2D eigenvalue weighted by molar-refractivity contribution is 0.0695. The van der Waals surface area contributed by atoms with Crippen molar-refractivity contribution in [2.75, 3.05) is 7.05 Å². The third-order valence-corrected chi connectivity index (χ3v) is 4.48. The van der Waals surface area contributed by atoms with Gasteiger partial charge in [0, 0.05) is 24.9 Å². The normalized spacial score (nSPS) is 16.4. The molecule has 0 N–H and O–H groups in total. The predicted octanol–water partition coefficient (Wildman–Crippen LogP) is 4.43. The van der Waals surface area contributed by atoms with E-state index in [2.05, 4.69) is 4.99 Å². The first-order valence-electron chi connectivity index (χ1n) is 7.91. The first-order chi connectivity index (χ1) is 10.0. The van der Waals surface area contributed by atoms with E-state index in [-0.39, 0.29) is 5.91 Å². The number of carbonyl (C=O) groups excluding carboxylic acids is 1. The van der Waals surface area contributed by atoms with Gasteiger partial charge in [0.25, 0.3) is 5.91 Å². The van der Waals surface area contributed by atoms with Crippen LogP contribution in [0.2, 0.25) is 0 Å². The molecule has 0 aliphatic heterocycles. The van der Waals surface area contributed by atoms with Crippen LogP contribution in [0.3, 0.4) is 0 Å². The average molecular weight is 286 g/mol. The van der Waals surface area contributed by atoms with E-state index in [9.17, 15) is 4.79 Å². The zero-order valence-electron chi connectivity index (χ0n) is 13.6. The van der Waals surface area contributed by atoms with Crippen LogP contribution in [0.5, 0.6) is 0 Å². The summed E-state index contributed by atoms with van der Waals surface area (Å²) in [4.78, 5) is 19.1. The lowest BCUT2D eigenvalue weighted by atomic mass is 9.93. The topological polar surface area (TPSA) is 32.7 Å². The molecule has 0 bridgehead atoms. The third-order valence-electron chi connectivity index (χ3n) is 4.48. The molecule has 1 aliphatic carbocycles. The van der Waals surface area contributed by atoms with Crippen molar-refractivity contribution in [2.45, 2.75) is 58.9 Å². The molecule has 0 atom stereocenters. The minimum Gasteiger partial charge on any atom is -0.339 e. The van der Waals surface area contributed by atoms with Gasteiger partial charge in [0.2, 0.25) is 0 Å². The van der Waals surface area contributed by atoms with E-state index < -0.39 is 0 Å². The lowest BCUT2D eigenvalue weighted by Gasteiger charge is -2.31. The summed E-state index contributed by atoms with van der Waals surface area (Å²) in [5, 5.41) is 0. The highest BCUT2D eigenvalue weighted by Crippen LogP contribution is 2.27. The average Bonchev–Trinajstić information content (AvgIpc) is 2.50. The van der Waals surface area contributed by atoms with Gasteiger partial charge in [-0.05, 0) is 56.9 Å². The Kier molecular flexibility index (Phi) is 5.16. The fraction of sp³-hybridized carbons (Fsp3) is 0.556. The van der Waals surface area contributed by atoms with E-state index in [1.807, 2.05) is 44.9 Å². The van der Waals surface area contributed by atoms with Crippen molar-refractivity contribution in [3.05, 3.63) is 28.8 Å². The van der Waals surface area contributed by atoms with Crippen LogP contribution >= 0.6 is 0 Å². The molecular weight excluding hydrogens is 260 g/mol. The number of carbonyl (C=O) groups is 1. The molecular formula is C18H26N2O. The summed E-state index contributed by atoms with van der Waals surface area (Å²) >= 11 is 0. The van der Waals surface area contributed by atoms with Gasteiger partial charge in [0.05, 0.1) is 5.69 Å². The molecule has 1 fully saturated rings. The molecule has 114 valence electrons. The molecule has 1 aromatic rings. The smallest absolute Gasteiger partial charge is 0.254 e. The van der Waals surface area contributed by atoms with Gasteiger partial charge in [-0.25, -0.2) is 0 Å². The molecule has 0 aromatic heterocycles. The van der Waals surface area contributed by atoms with Crippen molar-refractivity contribution >= 4 is 17.8 Å². The second-order valence-corrected chi connectivity index (χ2v) is 6.05. The van der Waals surface area contributed by atoms with E-state index in [1.54, 1.807) is 6.21 Å². The third kappa shape index (κ3) is 3.52. The highest BCUT2D eigenvalue weighted by Gasteiger charge is 2.24. The zero-order valence-corrected chi connectivity index (χ0v) is 13.6. The van der Waals surface area contributed by atoms with Crippen LogP contribution in [0.1, 0.15) is 60.5 Å². The molecule has 0 spiro atoms. The summed E-state index contributed by atoms with van der Waals surface area (Å²) in [5.41, 5.74) is 3.83. The molecule has 0 saturated heterocycles. The van der Waals surface area contributed by atoms with Crippen molar-refractivity contribution in [1.29, 1.82) is 0 Å². The zero-order chi connectivity index (χ0) is 15.4. The molecule has 21 heavy (non-hydrogen) atoms. The van der Waals surface area contributed by atoms with Crippen molar-refractivity contribution < 1.29 is 4.79 Å². The molecule has 1 aromatic carbocycles. The summed E-state index contributed by atoms with van der Waals surface area (Å²) in [6.45, 7) is 5.92. The number of aryl methyl sites for hydroxylation is 2. The minimum atomic E-state index is 0.148. The van der Waals surface area contributed by atoms with Crippen molar-refractivity contribution in [3.63, 3.8) is 0 Å². The largest absolute Gasteiger partial charge is 0.339 e. The first-order valence-corrected chi connectivity index (χ1v) is 7.91. The molecule has 1 saturated carbocycles. The van der Waals surface area contributed by atoms with Crippen LogP contribution in [-0.4, -0.2) is 30.1 Å². The van der Waals surface area contributed by atoms with Gasteiger partial charge in [0.15, 0.2) is 0 Å². The molecule has 1 amide bonds. The van der Waals surface area contributed by atoms with Crippen LogP contribution in [-0.2, 0) is 0 Å². The fourth-order valence-electron chi connectivity index (χ4n) is 3.13. The molecule has 3 nitrogen and oxygen atoms in total. The summed E-state index contributed by atoms with van der Waals surface area (Å²) in [7, 11) is 1.95. The molecule has 0 radical (unpaired) electrons. The van der Waals surface area contributed by atoms with Crippen LogP contribution in [0.15, 0.2) is 17.1 Å². The number of nitrogens with zero attached hydrogens (tertiary/aromatic N) is 2. The molecule has 2 rings (SSSR count). The molecule has 3 heteroatoms. The Balaban J connectivity index is 2.24. The standard InChI is InChI=1S/C18H26N2O/c1-5-19-17-12-13(2)16(11-14(17)3)18(21)20(4)15-9-7-6-8-10-15/h5,11-12,15H,6-10H2,1-4H3. The summed E-state index contributed by atoms with van der Waals surface area (Å²) in [6, 6.07) is 4.40. The number of hydrogen-bond acceptors (Lipinski definition) is 2. The van der Waals surface area contributed by atoms with Crippen LogP contribution in [0.25, 0.3) is 0 Å². The maximum atomic E-state index is 12.8. The molecule has 0 unspecified atom stereocenters. The highest BCUT2D eigenvalue weighted by molar-refractivity contribution is 5.96. The van der Waals surface area contributed by atoms with Gasteiger partial charge in [-0.1, -0.05) is 19.3 Å². The Morgan fingerprint density at radius 1 is 1.19 bits per heavy atom. The Bertz CT molecular complexity index is 542. The summed E-state index contributed by atoms with van der Waals surface area (Å²) in [6.07, 6.45) is 7.85. The Hall–Kier alpha value is -1.64. The van der Waals surface area contributed by atoms with Crippen molar-refractivity contribution in [2.24, 2.45) is 4.99 Å². The maximum Gasteiger partial charge on any atom is 0.254 e. The van der Waals surface area contributed by atoms with Gasteiger partial charge < -0.3 is 4.90 Å². The Morgan fingerprint density at radius 3 is 2.48 bits per heavy atom. The SMILES string of the molecule is CC=Nc1cc(C)c(C(=O)N(C)C2CCCCC2)cc1C. The lowest BCUT2D eigenvalue weighted by Crippen LogP contribution is -2.38.